The number of rotatable bonds is 4. The molecule has 0 amide bonds. The Morgan fingerprint density at radius 2 is 2.07 bits per heavy atom. The summed E-state index contributed by atoms with van der Waals surface area (Å²) in [6, 6.07) is 9.11. The molecule has 1 rings (SSSR count). The van der Waals surface area contributed by atoms with Gasteiger partial charge in [-0.15, -0.1) is 0 Å². The Kier molecular flexibility index (Phi) is 3.83. The van der Waals surface area contributed by atoms with Crippen LogP contribution in [0.2, 0.25) is 0 Å². The number of hydrogen-bond acceptors (Lipinski definition) is 3. The number of benzene rings is 1. The zero-order valence-corrected chi connectivity index (χ0v) is 9.21. The predicted molar refractivity (Wildman–Crippen MR) is 57.4 cm³/mol. The highest BCUT2D eigenvalue weighted by Crippen LogP contribution is 2.06. The highest BCUT2D eigenvalue weighted by molar-refractivity contribution is 7.89. The Hall–Kier alpha value is -1.38. The van der Waals surface area contributed by atoms with E-state index in [1.54, 1.807) is 6.07 Å². The Bertz CT molecular complexity index is 474. The first kappa shape index (κ1) is 11.7. The van der Waals surface area contributed by atoms with Crippen LogP contribution in [0, 0.1) is 18.3 Å². The topological polar surface area (TPSA) is 70.0 Å². The van der Waals surface area contributed by atoms with E-state index in [4.69, 9.17) is 5.26 Å². The average molecular weight is 224 g/mol. The molecular weight excluding hydrogens is 212 g/mol. The summed E-state index contributed by atoms with van der Waals surface area (Å²) in [5, 5.41) is 8.28. The first-order valence-electron chi connectivity index (χ1n) is 4.44. The Balaban J connectivity index is 2.67. The van der Waals surface area contributed by atoms with Crippen molar-refractivity contribution in [3.8, 4) is 6.07 Å². The maximum absolute atomic E-state index is 11.2. The first-order chi connectivity index (χ1) is 7.05. The summed E-state index contributed by atoms with van der Waals surface area (Å²) in [7, 11) is -3.46. The van der Waals surface area contributed by atoms with Crippen LogP contribution in [0.4, 0.5) is 0 Å². The van der Waals surface area contributed by atoms with Gasteiger partial charge in [0.15, 0.2) is 5.75 Å². The molecule has 1 aromatic carbocycles. The molecule has 1 N–H and O–H groups in total. The predicted octanol–water partition coefficient (Wildman–Crippen LogP) is 0.938. The van der Waals surface area contributed by atoms with Crippen LogP contribution in [-0.4, -0.2) is 14.2 Å². The minimum atomic E-state index is -3.46. The van der Waals surface area contributed by atoms with E-state index in [1.807, 2.05) is 31.2 Å². The fourth-order valence-corrected chi connectivity index (χ4v) is 1.78. The molecule has 4 nitrogen and oxygen atoms in total. The zero-order valence-electron chi connectivity index (χ0n) is 8.40. The minimum Gasteiger partial charge on any atom is -0.211 e. The van der Waals surface area contributed by atoms with Crippen LogP contribution in [0.1, 0.15) is 11.1 Å². The largest absolute Gasteiger partial charge is 0.225 e. The molecule has 0 unspecified atom stereocenters. The van der Waals surface area contributed by atoms with Crippen molar-refractivity contribution < 1.29 is 8.42 Å². The van der Waals surface area contributed by atoms with Gasteiger partial charge in [0.2, 0.25) is 10.0 Å². The van der Waals surface area contributed by atoms with Gasteiger partial charge in [-0.2, -0.15) is 5.26 Å². The molecule has 0 spiro atoms. The molecule has 0 atom stereocenters. The number of sulfonamides is 1. The number of nitrogens with zero attached hydrogens (tertiary/aromatic N) is 1. The molecule has 0 fully saturated rings. The third-order valence-electron chi connectivity index (χ3n) is 2.00. The average Bonchev–Trinajstić information content (AvgIpc) is 2.16. The van der Waals surface area contributed by atoms with Crippen LogP contribution in [0.3, 0.4) is 0 Å². The number of nitriles is 1. The van der Waals surface area contributed by atoms with E-state index >= 15 is 0 Å². The lowest BCUT2D eigenvalue weighted by Gasteiger charge is -2.06. The van der Waals surface area contributed by atoms with Gasteiger partial charge < -0.3 is 0 Å². The highest BCUT2D eigenvalue weighted by atomic mass is 32.2. The van der Waals surface area contributed by atoms with Gasteiger partial charge in [-0.05, 0) is 18.1 Å². The minimum absolute atomic E-state index is 0.233. The molecule has 80 valence electrons. The van der Waals surface area contributed by atoms with Crippen LogP contribution in [0.25, 0.3) is 0 Å². The summed E-state index contributed by atoms with van der Waals surface area (Å²) in [4.78, 5) is 0. The summed E-state index contributed by atoms with van der Waals surface area (Å²) < 4.78 is 24.7. The van der Waals surface area contributed by atoms with Gasteiger partial charge in [-0.3, -0.25) is 0 Å². The van der Waals surface area contributed by atoms with Crippen LogP contribution in [-0.2, 0) is 16.6 Å². The van der Waals surface area contributed by atoms with Crippen LogP contribution in [0.15, 0.2) is 24.3 Å². The van der Waals surface area contributed by atoms with Crippen molar-refractivity contribution >= 4 is 10.0 Å². The quantitative estimate of drug-likeness (QED) is 0.827. The highest BCUT2D eigenvalue weighted by Gasteiger charge is 2.08. The third-order valence-corrected chi connectivity index (χ3v) is 3.09. The molecule has 0 aliphatic rings. The van der Waals surface area contributed by atoms with Gasteiger partial charge in [0.05, 0.1) is 6.07 Å². The van der Waals surface area contributed by atoms with Crippen molar-refractivity contribution in [2.45, 2.75) is 13.5 Å². The molecule has 0 saturated carbocycles. The second kappa shape index (κ2) is 4.91. The van der Waals surface area contributed by atoms with Gasteiger partial charge in [0.1, 0.15) is 0 Å². The fourth-order valence-electron chi connectivity index (χ4n) is 1.13. The van der Waals surface area contributed by atoms with Crippen molar-refractivity contribution in [3.05, 3.63) is 35.4 Å². The molecular formula is C10H12N2O2S. The summed E-state index contributed by atoms with van der Waals surface area (Å²) in [5.41, 5.74) is 1.94. The maximum atomic E-state index is 11.2. The molecule has 0 heterocycles. The monoisotopic (exact) mass is 224 g/mol. The molecule has 1 aromatic rings. The first-order valence-corrected chi connectivity index (χ1v) is 6.09. The van der Waals surface area contributed by atoms with E-state index in [9.17, 15) is 8.42 Å². The van der Waals surface area contributed by atoms with E-state index in [0.29, 0.717) is 0 Å². The van der Waals surface area contributed by atoms with E-state index < -0.39 is 15.8 Å². The lowest BCUT2D eigenvalue weighted by atomic mass is 10.1. The molecule has 0 bridgehead atoms. The van der Waals surface area contributed by atoms with Crippen molar-refractivity contribution in [3.63, 3.8) is 0 Å². The smallest absolute Gasteiger partial charge is 0.211 e. The van der Waals surface area contributed by atoms with E-state index in [1.165, 1.54) is 0 Å². The SMILES string of the molecule is Cc1ccccc1CNS(=O)(=O)CC#N. The standard InChI is InChI=1S/C10H12N2O2S/c1-9-4-2-3-5-10(9)8-12-15(13,14)7-6-11/h2-5,12H,7-8H2,1H3. The molecule has 0 aliphatic carbocycles. The van der Waals surface area contributed by atoms with Gasteiger partial charge in [0, 0.05) is 6.54 Å². The van der Waals surface area contributed by atoms with Gasteiger partial charge in [-0.1, -0.05) is 24.3 Å². The van der Waals surface area contributed by atoms with Gasteiger partial charge in [-0.25, -0.2) is 13.1 Å². The van der Waals surface area contributed by atoms with Crippen molar-refractivity contribution in [1.29, 1.82) is 5.26 Å². The molecule has 15 heavy (non-hydrogen) atoms. The van der Waals surface area contributed by atoms with Gasteiger partial charge >= 0.3 is 0 Å². The lowest BCUT2D eigenvalue weighted by Crippen LogP contribution is -2.25. The Morgan fingerprint density at radius 3 is 2.67 bits per heavy atom. The summed E-state index contributed by atoms with van der Waals surface area (Å²) >= 11 is 0. The second-order valence-electron chi connectivity index (χ2n) is 3.16. The summed E-state index contributed by atoms with van der Waals surface area (Å²) in [6.07, 6.45) is 0. The Labute approximate surface area is 89.6 Å². The van der Waals surface area contributed by atoms with E-state index in [-0.39, 0.29) is 6.54 Å². The van der Waals surface area contributed by atoms with Gasteiger partial charge in [0.25, 0.3) is 0 Å². The van der Waals surface area contributed by atoms with Crippen LogP contribution >= 0.6 is 0 Å². The Morgan fingerprint density at radius 1 is 1.40 bits per heavy atom. The lowest BCUT2D eigenvalue weighted by molar-refractivity contribution is 0.584. The summed E-state index contributed by atoms with van der Waals surface area (Å²) in [6.45, 7) is 2.14. The number of aryl methyl sites for hydroxylation is 1. The maximum Gasteiger partial charge on any atom is 0.225 e. The molecule has 0 saturated heterocycles. The number of hydrogen-bond donors (Lipinski definition) is 1. The second-order valence-corrected chi connectivity index (χ2v) is 4.97. The molecule has 0 radical (unpaired) electrons. The zero-order chi connectivity index (χ0) is 11.3. The normalized spacial score (nSPS) is 10.9. The van der Waals surface area contributed by atoms with Crippen molar-refractivity contribution in [2.75, 3.05) is 5.75 Å². The molecule has 5 heteroatoms. The van der Waals surface area contributed by atoms with Crippen molar-refractivity contribution in [1.82, 2.24) is 4.72 Å². The molecule has 0 aliphatic heterocycles. The fraction of sp³-hybridized carbons (Fsp3) is 0.300. The van der Waals surface area contributed by atoms with Crippen LogP contribution < -0.4 is 4.72 Å². The van der Waals surface area contributed by atoms with E-state index in [0.717, 1.165) is 11.1 Å². The van der Waals surface area contributed by atoms with E-state index in [2.05, 4.69) is 4.72 Å². The van der Waals surface area contributed by atoms with Crippen molar-refractivity contribution in [2.24, 2.45) is 0 Å². The summed E-state index contributed by atoms with van der Waals surface area (Å²) in [5.74, 6) is -0.501. The third kappa shape index (κ3) is 3.70. The molecule has 0 aromatic heterocycles. The number of nitrogens with one attached hydrogen (secondary N) is 1. The van der Waals surface area contributed by atoms with Crippen LogP contribution in [0.5, 0.6) is 0 Å².